The molecule has 7 rings (SSSR count). The molecule has 2 aromatic heterocycles. The zero-order valence-electron chi connectivity index (χ0n) is 24.2. The Labute approximate surface area is 226 Å². The predicted molar refractivity (Wildman–Crippen MR) is 143 cm³/mol. The van der Waals surface area contributed by atoms with E-state index in [-0.39, 0.29) is 38.9 Å². The first kappa shape index (κ1) is 24.8. The molecule has 3 saturated carbocycles. The van der Waals surface area contributed by atoms with Crippen molar-refractivity contribution in [1.82, 2.24) is 15.4 Å². The van der Waals surface area contributed by atoms with Crippen molar-refractivity contribution in [1.29, 1.82) is 0 Å². The molecule has 0 spiro atoms. The molecule has 0 N–H and O–H groups in total. The molecule has 0 saturated heterocycles. The Morgan fingerprint density at radius 2 is 1.74 bits per heavy atom. The van der Waals surface area contributed by atoms with Crippen molar-refractivity contribution in [3.05, 3.63) is 41.0 Å². The number of aromatic nitrogens is 3. The van der Waals surface area contributed by atoms with Crippen LogP contribution in [0.2, 0.25) is 0 Å². The molecular formula is C32H43N3O3. The molecule has 6 nitrogen and oxygen atoms in total. The highest BCUT2D eigenvalue weighted by Crippen LogP contribution is 2.74. The molecule has 6 heteroatoms. The van der Waals surface area contributed by atoms with Gasteiger partial charge in [-0.2, -0.15) is 0 Å². The number of fused-ring (bicyclic) bond motifs is 8. The summed E-state index contributed by atoms with van der Waals surface area (Å²) in [5.74, 6) is 3.78. The summed E-state index contributed by atoms with van der Waals surface area (Å²) in [4.78, 5) is 14.6. The summed E-state index contributed by atoms with van der Waals surface area (Å²) in [5.41, 5.74) is 2.44. The maximum Gasteiger partial charge on any atom is 0.222 e. The van der Waals surface area contributed by atoms with Crippen molar-refractivity contribution in [2.24, 2.45) is 39.4 Å². The van der Waals surface area contributed by atoms with Crippen molar-refractivity contribution >= 4 is 5.78 Å². The summed E-state index contributed by atoms with van der Waals surface area (Å²) in [5, 5.41) is 13.0. The quantitative estimate of drug-likeness (QED) is 0.400. The first-order chi connectivity index (χ1) is 17.8. The van der Waals surface area contributed by atoms with Gasteiger partial charge in [-0.05, 0) is 90.9 Å². The average Bonchev–Trinajstić information content (AvgIpc) is 3.49. The Kier molecular flexibility index (Phi) is 4.88. The van der Waals surface area contributed by atoms with Gasteiger partial charge in [-0.3, -0.25) is 4.79 Å². The lowest BCUT2D eigenvalue weighted by Gasteiger charge is -2.68. The van der Waals surface area contributed by atoms with Crippen LogP contribution in [0.5, 0.6) is 0 Å². The summed E-state index contributed by atoms with van der Waals surface area (Å²) in [6.07, 6.45) is 12.5. The van der Waals surface area contributed by atoms with E-state index in [2.05, 4.69) is 63.0 Å². The lowest BCUT2D eigenvalue weighted by molar-refractivity contribution is -0.160. The number of allylic oxidation sites excluding steroid dienone is 2. The third-order valence-corrected chi connectivity index (χ3v) is 12.9. The first-order valence-corrected chi connectivity index (χ1v) is 14.9. The fourth-order valence-corrected chi connectivity index (χ4v) is 10.7. The predicted octanol–water partition coefficient (Wildman–Crippen LogP) is 7.14. The van der Waals surface area contributed by atoms with Gasteiger partial charge in [0.15, 0.2) is 5.78 Å². The third kappa shape index (κ3) is 2.90. The molecule has 2 aromatic rings. The van der Waals surface area contributed by atoms with Crippen LogP contribution in [0.3, 0.4) is 0 Å². The Hall–Kier alpha value is -2.24. The summed E-state index contributed by atoms with van der Waals surface area (Å²) in [7, 11) is 0. The van der Waals surface area contributed by atoms with Gasteiger partial charge in [0.25, 0.3) is 0 Å². The summed E-state index contributed by atoms with van der Waals surface area (Å²) in [6, 6.07) is 0. The second-order valence-corrected chi connectivity index (χ2v) is 15.2. The van der Waals surface area contributed by atoms with Crippen LogP contribution in [0.1, 0.15) is 116 Å². The topological polar surface area (TPSA) is 82.0 Å². The number of aryl methyl sites for hydroxylation is 1. The molecule has 2 heterocycles. The van der Waals surface area contributed by atoms with Gasteiger partial charge in [-0.25, -0.2) is 0 Å². The van der Waals surface area contributed by atoms with E-state index in [1.54, 1.807) is 0 Å². The molecule has 0 bridgehead atoms. The Bertz CT molecular complexity index is 1350. The summed E-state index contributed by atoms with van der Waals surface area (Å²) in [6.45, 7) is 16.3. The van der Waals surface area contributed by atoms with Crippen LogP contribution in [-0.4, -0.2) is 21.1 Å². The highest BCUT2D eigenvalue weighted by atomic mass is 16.5. The molecule has 0 amide bonds. The number of hydrogen-bond acceptors (Lipinski definition) is 6. The molecule has 5 aliphatic carbocycles. The van der Waals surface area contributed by atoms with Crippen LogP contribution in [0.25, 0.3) is 0 Å². The minimum atomic E-state index is -0.198. The monoisotopic (exact) mass is 517 g/mol. The Morgan fingerprint density at radius 1 is 0.974 bits per heavy atom. The van der Waals surface area contributed by atoms with Gasteiger partial charge >= 0.3 is 0 Å². The van der Waals surface area contributed by atoms with Crippen LogP contribution in [-0.2, 0) is 16.6 Å². The number of nitrogens with zero attached hydrogens (tertiary/aromatic N) is 3. The fourth-order valence-electron chi connectivity index (χ4n) is 10.7. The molecule has 204 valence electrons. The first-order valence-electron chi connectivity index (χ1n) is 14.9. The van der Waals surface area contributed by atoms with Gasteiger partial charge in [0.05, 0.1) is 11.6 Å². The Balaban J connectivity index is 1.38. The van der Waals surface area contributed by atoms with Crippen LogP contribution >= 0.6 is 0 Å². The van der Waals surface area contributed by atoms with Crippen molar-refractivity contribution in [2.45, 2.75) is 111 Å². The molecule has 1 unspecified atom stereocenters. The highest BCUT2D eigenvalue weighted by molar-refractivity contribution is 5.95. The van der Waals surface area contributed by atoms with E-state index in [0.29, 0.717) is 23.5 Å². The van der Waals surface area contributed by atoms with Crippen LogP contribution in [0.15, 0.2) is 26.8 Å². The van der Waals surface area contributed by atoms with E-state index in [0.717, 1.165) is 63.0 Å². The zero-order valence-corrected chi connectivity index (χ0v) is 24.2. The maximum absolute atomic E-state index is 14.6. The smallest absolute Gasteiger partial charge is 0.222 e. The van der Waals surface area contributed by atoms with Gasteiger partial charge in [0.2, 0.25) is 11.8 Å². The standard InChI is InChI=1S/C32H43N3O3/c1-18-21-8-9-30(6)24(29(21,5)15-20-17-33-38-26(18)20)14-23(36)25-22-16-28(3,4)10-12-32(22,13-11-31(25,30)7)27-35-34-19(2)37-27/h14,17-18,21-22,25H,8-13,15-16H2,1-7H3/t18-,21?,22+,25+,29+,30-,31-,32+/m1/s1. The van der Waals surface area contributed by atoms with Gasteiger partial charge < -0.3 is 8.94 Å². The van der Waals surface area contributed by atoms with Crippen LogP contribution in [0, 0.1) is 46.3 Å². The normalized spacial score (nSPS) is 45.2. The molecule has 38 heavy (non-hydrogen) atoms. The lowest BCUT2D eigenvalue weighted by atomic mass is 9.34. The minimum absolute atomic E-state index is 0.0240. The van der Waals surface area contributed by atoms with Gasteiger partial charge in [0, 0.05) is 24.3 Å². The molecule has 0 aromatic carbocycles. The number of rotatable bonds is 1. The minimum Gasteiger partial charge on any atom is -0.425 e. The van der Waals surface area contributed by atoms with Gasteiger partial charge in [-0.1, -0.05) is 52.3 Å². The maximum atomic E-state index is 14.6. The molecule has 0 aliphatic heterocycles. The number of hydrogen-bond donors (Lipinski definition) is 0. The second kappa shape index (κ2) is 7.48. The number of carbonyl (C=O) groups is 1. The van der Waals surface area contributed by atoms with Crippen molar-refractivity contribution in [2.75, 3.05) is 0 Å². The molecule has 8 atom stereocenters. The average molecular weight is 518 g/mol. The molecule has 5 aliphatic rings. The lowest BCUT2D eigenvalue weighted by Crippen LogP contribution is -2.65. The van der Waals surface area contributed by atoms with E-state index >= 15 is 0 Å². The van der Waals surface area contributed by atoms with Crippen molar-refractivity contribution in [3.8, 4) is 0 Å². The second-order valence-electron chi connectivity index (χ2n) is 15.2. The SMILES string of the molecule is Cc1nnc([C@]23CCC(C)(C)C[C@H]2[C@H]2C(=O)C=C4[C@@]5(C)Cc6cnoc6[C@H](C)C5CC[C@@]4(C)[C@]2(C)CC3)o1. The van der Waals surface area contributed by atoms with E-state index < -0.39 is 0 Å². The van der Waals surface area contributed by atoms with Gasteiger partial charge in [-0.15, -0.1) is 10.2 Å². The van der Waals surface area contributed by atoms with Crippen molar-refractivity contribution < 1.29 is 13.7 Å². The number of ketones is 1. The number of carbonyl (C=O) groups excluding carboxylic acids is 1. The fraction of sp³-hybridized carbons (Fsp3) is 0.750. The van der Waals surface area contributed by atoms with E-state index in [4.69, 9.17) is 8.94 Å². The Morgan fingerprint density at radius 3 is 2.47 bits per heavy atom. The third-order valence-electron chi connectivity index (χ3n) is 12.9. The van der Waals surface area contributed by atoms with Gasteiger partial charge in [0.1, 0.15) is 5.76 Å². The van der Waals surface area contributed by atoms with Crippen LogP contribution < -0.4 is 0 Å². The van der Waals surface area contributed by atoms with Crippen molar-refractivity contribution in [3.63, 3.8) is 0 Å². The molecule has 0 radical (unpaired) electrons. The van der Waals surface area contributed by atoms with E-state index in [9.17, 15) is 4.79 Å². The van der Waals surface area contributed by atoms with E-state index in [1.807, 2.05) is 13.1 Å². The highest BCUT2D eigenvalue weighted by Gasteiger charge is 2.70. The molecular weight excluding hydrogens is 474 g/mol. The zero-order chi connectivity index (χ0) is 26.9. The molecule has 3 fully saturated rings. The summed E-state index contributed by atoms with van der Waals surface area (Å²) < 4.78 is 11.9. The van der Waals surface area contributed by atoms with Crippen LogP contribution in [0.4, 0.5) is 0 Å². The summed E-state index contributed by atoms with van der Waals surface area (Å²) >= 11 is 0. The van der Waals surface area contributed by atoms with E-state index in [1.165, 1.54) is 11.1 Å². The largest absolute Gasteiger partial charge is 0.425 e.